The average molecular weight is 231 g/mol. The molecule has 0 saturated carbocycles. The van der Waals surface area contributed by atoms with Crippen LogP contribution in [0, 0.1) is 0 Å². The minimum absolute atomic E-state index is 0.452. The van der Waals surface area contributed by atoms with Crippen LogP contribution < -0.4 is 11.1 Å². The molecule has 6 heteroatoms. The summed E-state index contributed by atoms with van der Waals surface area (Å²) in [6.45, 7) is 2.08. The van der Waals surface area contributed by atoms with Gasteiger partial charge in [-0.25, -0.2) is 0 Å². The molecule has 16 heavy (non-hydrogen) atoms. The molecule has 0 aliphatic heterocycles. The number of carbonyl (C=O) groups excluding carboxylic acids is 1. The van der Waals surface area contributed by atoms with E-state index < -0.39 is 12.0 Å². The van der Waals surface area contributed by atoms with Gasteiger partial charge >= 0.3 is 5.97 Å². The lowest BCUT2D eigenvalue weighted by Crippen LogP contribution is -2.32. The first-order valence-corrected chi connectivity index (χ1v) is 5.44. The minimum atomic E-state index is -0.970. The van der Waals surface area contributed by atoms with Crippen LogP contribution in [0.3, 0.4) is 0 Å². The summed E-state index contributed by atoms with van der Waals surface area (Å²) in [5.74, 6) is -0.970. The zero-order valence-corrected chi connectivity index (χ0v) is 9.69. The fraction of sp³-hybridized carbons (Fsp3) is 0.800. The van der Waals surface area contributed by atoms with E-state index in [-0.39, 0.29) is 0 Å². The van der Waals surface area contributed by atoms with Crippen molar-refractivity contribution >= 4 is 12.4 Å². The first-order chi connectivity index (χ1) is 7.61. The van der Waals surface area contributed by atoms with Crippen LogP contribution in [0.25, 0.3) is 0 Å². The normalized spacial score (nSPS) is 12.1. The van der Waals surface area contributed by atoms with Crippen LogP contribution in [0.15, 0.2) is 0 Å². The summed E-state index contributed by atoms with van der Waals surface area (Å²) >= 11 is 0. The van der Waals surface area contributed by atoms with Gasteiger partial charge in [0.05, 0.1) is 0 Å². The standard InChI is InChI=1S/C10H21N3O3/c1-12-5-7-13(8-14)6-3-2-4-9(11)10(15)16/h8-9,12H,2-7,11H2,1H3,(H,15,16). The molecule has 0 rings (SSSR count). The first kappa shape index (κ1) is 14.9. The van der Waals surface area contributed by atoms with Crippen molar-refractivity contribution in [3.63, 3.8) is 0 Å². The summed E-state index contributed by atoms with van der Waals surface area (Å²) < 4.78 is 0. The molecule has 1 amide bonds. The summed E-state index contributed by atoms with van der Waals surface area (Å²) in [4.78, 5) is 22.7. The fourth-order valence-corrected chi connectivity index (χ4v) is 1.28. The van der Waals surface area contributed by atoms with Crippen LogP contribution in [-0.2, 0) is 9.59 Å². The Morgan fingerprint density at radius 1 is 1.50 bits per heavy atom. The number of rotatable bonds is 10. The predicted molar refractivity (Wildman–Crippen MR) is 61.0 cm³/mol. The monoisotopic (exact) mass is 231 g/mol. The molecule has 0 heterocycles. The highest BCUT2D eigenvalue weighted by atomic mass is 16.4. The van der Waals surface area contributed by atoms with Crippen molar-refractivity contribution in [2.75, 3.05) is 26.7 Å². The number of unbranched alkanes of at least 4 members (excludes halogenated alkanes) is 1. The minimum Gasteiger partial charge on any atom is -0.480 e. The smallest absolute Gasteiger partial charge is 0.320 e. The zero-order chi connectivity index (χ0) is 12.4. The number of nitrogens with zero attached hydrogens (tertiary/aromatic N) is 1. The van der Waals surface area contributed by atoms with Gasteiger partial charge in [0.1, 0.15) is 6.04 Å². The van der Waals surface area contributed by atoms with Gasteiger partial charge in [-0.3, -0.25) is 9.59 Å². The second kappa shape index (κ2) is 9.11. The highest BCUT2D eigenvalue weighted by Gasteiger charge is 2.10. The summed E-state index contributed by atoms with van der Waals surface area (Å²) in [5.41, 5.74) is 5.35. The molecule has 0 aliphatic carbocycles. The van der Waals surface area contributed by atoms with Crippen LogP contribution in [0.2, 0.25) is 0 Å². The highest BCUT2D eigenvalue weighted by Crippen LogP contribution is 2.00. The topological polar surface area (TPSA) is 95.7 Å². The molecule has 0 fully saturated rings. The van der Waals surface area contributed by atoms with Gasteiger partial charge in [-0.1, -0.05) is 0 Å². The summed E-state index contributed by atoms with van der Waals surface area (Å²) in [7, 11) is 1.83. The number of likely N-dealkylation sites (N-methyl/N-ethyl adjacent to an activating group) is 1. The Hall–Kier alpha value is -1.14. The second-order valence-electron chi connectivity index (χ2n) is 3.69. The SMILES string of the molecule is CNCCN(C=O)CCCCC(N)C(=O)O. The third-order valence-corrected chi connectivity index (χ3v) is 2.33. The van der Waals surface area contributed by atoms with Crippen molar-refractivity contribution in [3.05, 3.63) is 0 Å². The van der Waals surface area contributed by atoms with Crippen molar-refractivity contribution in [1.29, 1.82) is 0 Å². The lowest BCUT2D eigenvalue weighted by molar-refractivity contribution is -0.138. The van der Waals surface area contributed by atoms with E-state index in [1.54, 1.807) is 4.90 Å². The number of carbonyl (C=O) groups is 2. The van der Waals surface area contributed by atoms with E-state index >= 15 is 0 Å². The number of aliphatic carboxylic acids is 1. The van der Waals surface area contributed by atoms with Crippen molar-refractivity contribution < 1.29 is 14.7 Å². The molecule has 0 aromatic carbocycles. The lowest BCUT2D eigenvalue weighted by atomic mass is 10.1. The van der Waals surface area contributed by atoms with Crippen LogP contribution in [0.1, 0.15) is 19.3 Å². The number of carboxylic acid groups (broad SMARTS) is 1. The van der Waals surface area contributed by atoms with Crippen LogP contribution >= 0.6 is 0 Å². The number of carboxylic acids is 1. The maximum Gasteiger partial charge on any atom is 0.320 e. The molecule has 0 aromatic heterocycles. The van der Waals surface area contributed by atoms with E-state index in [2.05, 4.69) is 5.32 Å². The molecule has 94 valence electrons. The van der Waals surface area contributed by atoms with E-state index in [4.69, 9.17) is 10.8 Å². The Bertz CT molecular complexity index is 211. The maximum absolute atomic E-state index is 10.6. The van der Waals surface area contributed by atoms with E-state index in [0.29, 0.717) is 19.5 Å². The number of hydrogen-bond acceptors (Lipinski definition) is 4. The van der Waals surface area contributed by atoms with E-state index in [9.17, 15) is 9.59 Å². The van der Waals surface area contributed by atoms with E-state index in [1.807, 2.05) is 7.05 Å². The molecule has 0 aliphatic rings. The Balaban J connectivity index is 3.54. The molecule has 6 nitrogen and oxygen atoms in total. The third kappa shape index (κ3) is 7.19. The van der Waals surface area contributed by atoms with Crippen LogP contribution in [0.4, 0.5) is 0 Å². The molecule has 0 saturated heterocycles. The van der Waals surface area contributed by atoms with E-state index in [1.165, 1.54) is 0 Å². The van der Waals surface area contributed by atoms with Gasteiger partial charge in [-0.05, 0) is 26.3 Å². The van der Waals surface area contributed by atoms with Gasteiger partial charge in [-0.15, -0.1) is 0 Å². The van der Waals surface area contributed by atoms with Gasteiger partial charge in [0, 0.05) is 19.6 Å². The van der Waals surface area contributed by atoms with Crippen molar-refractivity contribution in [3.8, 4) is 0 Å². The number of amides is 1. The number of nitrogens with two attached hydrogens (primary N) is 1. The zero-order valence-electron chi connectivity index (χ0n) is 9.69. The van der Waals surface area contributed by atoms with Gasteiger partial charge < -0.3 is 21.1 Å². The van der Waals surface area contributed by atoms with Gasteiger partial charge in [0.25, 0.3) is 0 Å². The van der Waals surface area contributed by atoms with Crippen molar-refractivity contribution in [2.45, 2.75) is 25.3 Å². The van der Waals surface area contributed by atoms with Crippen molar-refractivity contribution in [2.24, 2.45) is 5.73 Å². The lowest BCUT2D eigenvalue weighted by Gasteiger charge is -2.17. The highest BCUT2D eigenvalue weighted by molar-refractivity contribution is 5.72. The number of nitrogens with one attached hydrogen (secondary N) is 1. The fourth-order valence-electron chi connectivity index (χ4n) is 1.28. The van der Waals surface area contributed by atoms with Crippen molar-refractivity contribution in [1.82, 2.24) is 10.2 Å². The Kier molecular flexibility index (Phi) is 8.46. The molecule has 0 aromatic rings. The summed E-state index contributed by atoms with van der Waals surface area (Å²) in [6, 6.07) is -0.790. The summed E-state index contributed by atoms with van der Waals surface area (Å²) in [5, 5.41) is 11.5. The van der Waals surface area contributed by atoms with Crippen LogP contribution in [0.5, 0.6) is 0 Å². The average Bonchev–Trinajstić information content (AvgIpc) is 2.27. The molecular formula is C10H21N3O3. The van der Waals surface area contributed by atoms with Crippen LogP contribution in [-0.4, -0.2) is 55.1 Å². The molecule has 0 bridgehead atoms. The van der Waals surface area contributed by atoms with E-state index in [0.717, 1.165) is 25.8 Å². The molecule has 4 N–H and O–H groups in total. The third-order valence-electron chi connectivity index (χ3n) is 2.33. The second-order valence-corrected chi connectivity index (χ2v) is 3.69. The van der Waals surface area contributed by atoms with Gasteiger partial charge in [0.2, 0.25) is 6.41 Å². The predicted octanol–water partition coefficient (Wildman–Crippen LogP) is -0.754. The molecule has 0 spiro atoms. The first-order valence-electron chi connectivity index (χ1n) is 5.44. The number of hydrogen-bond donors (Lipinski definition) is 3. The molecule has 0 radical (unpaired) electrons. The maximum atomic E-state index is 10.6. The largest absolute Gasteiger partial charge is 0.480 e. The quantitative estimate of drug-likeness (QED) is 0.339. The molecule has 1 atom stereocenters. The summed E-state index contributed by atoms with van der Waals surface area (Å²) in [6.07, 6.45) is 2.77. The van der Waals surface area contributed by atoms with Gasteiger partial charge in [0.15, 0.2) is 0 Å². The molecule has 1 unspecified atom stereocenters. The Morgan fingerprint density at radius 3 is 2.69 bits per heavy atom. The van der Waals surface area contributed by atoms with Gasteiger partial charge in [-0.2, -0.15) is 0 Å². The molecular weight excluding hydrogens is 210 g/mol. The Morgan fingerprint density at radius 2 is 2.19 bits per heavy atom. The Labute approximate surface area is 95.8 Å².